The van der Waals surface area contributed by atoms with E-state index in [4.69, 9.17) is 11.6 Å². The molecule has 1 heterocycles. The van der Waals surface area contributed by atoms with Crippen LogP contribution in [-0.4, -0.2) is 36.1 Å². The SMILES string of the molecule is CSc1ccc(NC(=O)C2CCN(C(=O)c3ccc(Cl)cc3)CC2)cc1. The van der Waals surface area contributed by atoms with Crippen molar-refractivity contribution in [1.82, 2.24) is 4.90 Å². The molecule has 1 N–H and O–H groups in total. The number of halogens is 1. The summed E-state index contributed by atoms with van der Waals surface area (Å²) in [7, 11) is 0. The van der Waals surface area contributed by atoms with Crippen LogP contribution in [0.5, 0.6) is 0 Å². The van der Waals surface area contributed by atoms with Crippen LogP contribution < -0.4 is 5.32 Å². The molecule has 0 saturated carbocycles. The van der Waals surface area contributed by atoms with Crippen molar-refractivity contribution in [2.24, 2.45) is 5.92 Å². The van der Waals surface area contributed by atoms with Gasteiger partial charge in [0.25, 0.3) is 5.91 Å². The molecule has 2 aromatic carbocycles. The maximum Gasteiger partial charge on any atom is 0.253 e. The van der Waals surface area contributed by atoms with Crippen LogP contribution in [0.4, 0.5) is 5.69 Å². The number of carbonyl (C=O) groups is 2. The summed E-state index contributed by atoms with van der Waals surface area (Å²) >= 11 is 7.54. The van der Waals surface area contributed by atoms with Crippen molar-refractivity contribution in [2.45, 2.75) is 17.7 Å². The molecule has 0 bridgehead atoms. The second-order valence-corrected chi connectivity index (χ2v) is 7.61. The van der Waals surface area contributed by atoms with E-state index in [1.165, 1.54) is 0 Å². The van der Waals surface area contributed by atoms with Crippen molar-refractivity contribution in [3.8, 4) is 0 Å². The fraction of sp³-hybridized carbons (Fsp3) is 0.300. The van der Waals surface area contributed by atoms with Crippen LogP contribution >= 0.6 is 23.4 Å². The molecule has 0 unspecified atom stereocenters. The predicted molar refractivity (Wildman–Crippen MR) is 107 cm³/mol. The number of anilines is 1. The molecule has 2 amide bonds. The van der Waals surface area contributed by atoms with Gasteiger partial charge in [-0.1, -0.05) is 11.6 Å². The molecule has 0 spiro atoms. The number of amides is 2. The Labute approximate surface area is 162 Å². The second-order valence-electron chi connectivity index (χ2n) is 6.29. The van der Waals surface area contributed by atoms with Crippen molar-refractivity contribution in [3.63, 3.8) is 0 Å². The van der Waals surface area contributed by atoms with Gasteiger partial charge in [-0.3, -0.25) is 9.59 Å². The van der Waals surface area contributed by atoms with E-state index in [1.807, 2.05) is 30.5 Å². The molecule has 2 aromatic rings. The first-order valence-corrected chi connectivity index (χ1v) is 10.2. The van der Waals surface area contributed by atoms with Crippen LogP contribution in [0.15, 0.2) is 53.4 Å². The maximum absolute atomic E-state index is 12.5. The Hall–Kier alpha value is -1.98. The molecule has 0 radical (unpaired) electrons. The summed E-state index contributed by atoms with van der Waals surface area (Å²) in [6, 6.07) is 14.7. The minimum Gasteiger partial charge on any atom is -0.339 e. The van der Waals surface area contributed by atoms with Gasteiger partial charge in [0.1, 0.15) is 0 Å². The van der Waals surface area contributed by atoms with Gasteiger partial charge in [-0.25, -0.2) is 0 Å². The highest BCUT2D eigenvalue weighted by Crippen LogP contribution is 2.23. The van der Waals surface area contributed by atoms with Crippen LogP contribution in [0.3, 0.4) is 0 Å². The molecule has 6 heteroatoms. The van der Waals surface area contributed by atoms with Crippen LogP contribution in [0.2, 0.25) is 5.02 Å². The van der Waals surface area contributed by atoms with Crippen LogP contribution in [0, 0.1) is 5.92 Å². The Balaban J connectivity index is 1.53. The number of nitrogens with one attached hydrogen (secondary N) is 1. The summed E-state index contributed by atoms with van der Waals surface area (Å²) < 4.78 is 0. The number of nitrogens with zero attached hydrogens (tertiary/aromatic N) is 1. The van der Waals surface area contributed by atoms with E-state index >= 15 is 0 Å². The number of thioether (sulfide) groups is 1. The summed E-state index contributed by atoms with van der Waals surface area (Å²) in [4.78, 5) is 28.0. The van der Waals surface area contributed by atoms with Crippen molar-refractivity contribution < 1.29 is 9.59 Å². The Morgan fingerprint density at radius 3 is 2.23 bits per heavy atom. The minimum absolute atomic E-state index is 0.00632. The van der Waals surface area contributed by atoms with Gasteiger partial charge in [-0.15, -0.1) is 11.8 Å². The van der Waals surface area contributed by atoms with Crippen molar-refractivity contribution in [3.05, 3.63) is 59.1 Å². The Morgan fingerprint density at radius 1 is 1.04 bits per heavy atom. The van der Waals surface area contributed by atoms with Crippen molar-refractivity contribution in [1.29, 1.82) is 0 Å². The Morgan fingerprint density at radius 2 is 1.65 bits per heavy atom. The molecule has 1 aliphatic heterocycles. The van der Waals surface area contributed by atoms with Gasteiger partial charge in [-0.05, 0) is 67.6 Å². The van der Waals surface area contributed by atoms with E-state index in [9.17, 15) is 9.59 Å². The third kappa shape index (κ3) is 4.59. The number of hydrogen-bond donors (Lipinski definition) is 1. The van der Waals surface area contributed by atoms with E-state index in [0.717, 1.165) is 10.6 Å². The first-order chi connectivity index (χ1) is 12.6. The third-order valence-electron chi connectivity index (χ3n) is 4.60. The maximum atomic E-state index is 12.5. The molecule has 1 fully saturated rings. The van der Waals surface area contributed by atoms with E-state index in [0.29, 0.717) is 36.5 Å². The molecule has 0 aromatic heterocycles. The van der Waals surface area contributed by atoms with Gasteiger partial charge in [0.15, 0.2) is 0 Å². The first kappa shape index (κ1) is 18.8. The summed E-state index contributed by atoms with van der Waals surface area (Å²) in [5.41, 5.74) is 1.44. The number of likely N-dealkylation sites (tertiary alicyclic amines) is 1. The van der Waals surface area contributed by atoms with Crippen molar-refractivity contribution in [2.75, 3.05) is 24.7 Å². The fourth-order valence-corrected chi connectivity index (χ4v) is 3.57. The summed E-state index contributed by atoms with van der Waals surface area (Å²) in [6.07, 6.45) is 3.37. The standard InChI is InChI=1S/C20H21ClN2O2S/c1-26-18-8-6-17(7-9-18)22-19(24)14-10-12-23(13-11-14)20(25)15-2-4-16(21)5-3-15/h2-9,14H,10-13H2,1H3,(H,22,24). The lowest BCUT2D eigenvalue weighted by Gasteiger charge is -2.31. The topological polar surface area (TPSA) is 49.4 Å². The lowest BCUT2D eigenvalue weighted by Crippen LogP contribution is -2.41. The molecule has 136 valence electrons. The van der Waals surface area contributed by atoms with Gasteiger partial charge in [0.05, 0.1) is 0 Å². The molecule has 1 saturated heterocycles. The van der Waals surface area contributed by atoms with Crippen LogP contribution in [-0.2, 0) is 4.79 Å². The van der Waals surface area contributed by atoms with Gasteiger partial charge in [0.2, 0.25) is 5.91 Å². The highest BCUT2D eigenvalue weighted by Gasteiger charge is 2.27. The number of rotatable bonds is 4. The van der Waals surface area contributed by atoms with E-state index in [2.05, 4.69) is 5.32 Å². The number of hydrogen-bond acceptors (Lipinski definition) is 3. The lowest BCUT2D eigenvalue weighted by molar-refractivity contribution is -0.121. The highest BCUT2D eigenvalue weighted by molar-refractivity contribution is 7.98. The molecule has 26 heavy (non-hydrogen) atoms. The Bertz CT molecular complexity index is 769. The lowest BCUT2D eigenvalue weighted by atomic mass is 9.95. The highest BCUT2D eigenvalue weighted by atomic mass is 35.5. The average Bonchev–Trinajstić information content (AvgIpc) is 2.69. The van der Waals surface area contributed by atoms with Gasteiger partial charge >= 0.3 is 0 Å². The molecule has 0 aliphatic carbocycles. The molecule has 0 atom stereocenters. The first-order valence-electron chi connectivity index (χ1n) is 8.56. The zero-order valence-corrected chi connectivity index (χ0v) is 16.1. The van der Waals surface area contributed by atoms with Gasteiger partial charge in [0, 0.05) is 40.2 Å². The molecule has 3 rings (SSSR count). The number of benzene rings is 2. The minimum atomic E-state index is -0.0653. The Kier molecular flexibility index (Phi) is 6.22. The largest absolute Gasteiger partial charge is 0.339 e. The normalized spacial score (nSPS) is 14.9. The molecule has 1 aliphatic rings. The number of carbonyl (C=O) groups excluding carboxylic acids is 2. The van der Waals surface area contributed by atoms with Gasteiger partial charge in [-0.2, -0.15) is 0 Å². The summed E-state index contributed by atoms with van der Waals surface area (Å²) in [5, 5.41) is 3.59. The second kappa shape index (κ2) is 8.60. The quantitative estimate of drug-likeness (QED) is 0.781. The molecular weight excluding hydrogens is 368 g/mol. The van der Waals surface area contributed by atoms with E-state index in [-0.39, 0.29) is 17.7 Å². The number of piperidine rings is 1. The summed E-state index contributed by atoms with van der Waals surface area (Å²) in [6.45, 7) is 1.18. The average molecular weight is 389 g/mol. The van der Waals surface area contributed by atoms with E-state index in [1.54, 1.807) is 40.9 Å². The monoisotopic (exact) mass is 388 g/mol. The van der Waals surface area contributed by atoms with Crippen molar-refractivity contribution >= 4 is 40.9 Å². The van der Waals surface area contributed by atoms with Crippen LogP contribution in [0.25, 0.3) is 0 Å². The fourth-order valence-electron chi connectivity index (χ4n) is 3.04. The van der Waals surface area contributed by atoms with Gasteiger partial charge < -0.3 is 10.2 Å². The van der Waals surface area contributed by atoms with E-state index < -0.39 is 0 Å². The molecule has 4 nitrogen and oxygen atoms in total. The smallest absolute Gasteiger partial charge is 0.253 e. The third-order valence-corrected chi connectivity index (χ3v) is 5.60. The zero-order valence-electron chi connectivity index (χ0n) is 14.6. The molecular formula is C20H21ClN2O2S. The van der Waals surface area contributed by atoms with Crippen LogP contribution in [0.1, 0.15) is 23.2 Å². The zero-order chi connectivity index (χ0) is 18.5. The predicted octanol–water partition coefficient (Wildman–Crippen LogP) is 4.55. The summed E-state index contributed by atoms with van der Waals surface area (Å²) in [5.74, 6) is -0.0434.